The molecule has 2 heterocycles. The van der Waals surface area contributed by atoms with E-state index in [2.05, 4.69) is 15.5 Å². The lowest BCUT2D eigenvalue weighted by molar-refractivity contribution is 0.102. The van der Waals surface area contributed by atoms with Crippen LogP contribution in [0.4, 0.5) is 5.69 Å². The van der Waals surface area contributed by atoms with Crippen LogP contribution in [0.2, 0.25) is 0 Å². The maximum absolute atomic E-state index is 13.5. The van der Waals surface area contributed by atoms with E-state index in [-0.39, 0.29) is 5.91 Å². The number of carbonyl (C=O) groups is 1. The van der Waals surface area contributed by atoms with Gasteiger partial charge >= 0.3 is 0 Å². The van der Waals surface area contributed by atoms with Crippen molar-refractivity contribution in [3.8, 4) is 22.6 Å². The van der Waals surface area contributed by atoms with Gasteiger partial charge in [0.25, 0.3) is 5.91 Å². The Balaban J connectivity index is 1.58. The molecule has 2 aromatic heterocycles. The summed E-state index contributed by atoms with van der Waals surface area (Å²) in [6, 6.07) is 25.0. The van der Waals surface area contributed by atoms with Crippen LogP contribution in [0, 0.1) is 13.8 Å². The van der Waals surface area contributed by atoms with Crippen molar-refractivity contribution in [1.82, 2.24) is 15.1 Å². The number of nitrogens with one attached hydrogen (secondary N) is 1. The van der Waals surface area contributed by atoms with Gasteiger partial charge < -0.3 is 9.84 Å². The lowest BCUT2D eigenvalue weighted by Crippen LogP contribution is -2.14. The Morgan fingerprint density at radius 3 is 2.41 bits per heavy atom. The molecule has 6 nitrogen and oxygen atoms in total. The first-order valence-corrected chi connectivity index (χ1v) is 10.3. The predicted octanol–water partition coefficient (Wildman–Crippen LogP) is 5.82. The lowest BCUT2D eigenvalue weighted by Gasteiger charge is -2.12. The lowest BCUT2D eigenvalue weighted by atomic mass is 10.0. The quantitative estimate of drug-likeness (QED) is 0.396. The molecule has 0 aliphatic rings. The second-order valence-corrected chi connectivity index (χ2v) is 7.57. The number of nitrogens with zero attached hydrogens (tertiary/aromatic N) is 3. The van der Waals surface area contributed by atoms with Crippen LogP contribution in [-0.2, 0) is 0 Å². The molecule has 0 spiro atoms. The average molecular weight is 420 g/mol. The van der Waals surface area contributed by atoms with Crippen LogP contribution in [0.25, 0.3) is 33.5 Å². The minimum Gasteiger partial charge on any atom is -0.339 e. The number of fused-ring (bicyclic) bond motifs is 1. The van der Waals surface area contributed by atoms with Gasteiger partial charge in [0, 0.05) is 23.4 Å². The summed E-state index contributed by atoms with van der Waals surface area (Å²) in [7, 11) is 0. The zero-order valence-corrected chi connectivity index (χ0v) is 17.7. The van der Waals surface area contributed by atoms with Crippen LogP contribution < -0.4 is 5.32 Å². The summed E-state index contributed by atoms with van der Waals surface area (Å²) < 4.78 is 5.11. The largest absolute Gasteiger partial charge is 0.339 e. The zero-order valence-electron chi connectivity index (χ0n) is 17.7. The van der Waals surface area contributed by atoms with Crippen LogP contribution >= 0.6 is 0 Å². The van der Waals surface area contributed by atoms with Crippen molar-refractivity contribution >= 4 is 22.5 Å². The molecule has 0 unspecified atom stereocenters. The van der Waals surface area contributed by atoms with E-state index < -0.39 is 0 Å². The van der Waals surface area contributed by atoms with Gasteiger partial charge in [-0.05, 0) is 31.2 Å². The normalized spacial score (nSPS) is 10.9. The number of carbonyl (C=O) groups excluding carboxylic acids is 1. The molecule has 0 aliphatic heterocycles. The highest BCUT2D eigenvalue weighted by Gasteiger charge is 2.17. The smallest absolute Gasteiger partial charge is 0.256 e. The molecule has 0 aliphatic carbocycles. The molecule has 0 bridgehead atoms. The summed E-state index contributed by atoms with van der Waals surface area (Å²) in [4.78, 5) is 22.5. The number of hydrogen-bond acceptors (Lipinski definition) is 5. The van der Waals surface area contributed by atoms with Gasteiger partial charge in [-0.25, -0.2) is 4.98 Å². The van der Waals surface area contributed by atoms with Crippen molar-refractivity contribution in [2.75, 3.05) is 5.32 Å². The number of rotatable bonds is 4. The van der Waals surface area contributed by atoms with Crippen molar-refractivity contribution in [2.45, 2.75) is 13.8 Å². The third kappa shape index (κ3) is 3.74. The third-order valence-corrected chi connectivity index (χ3v) is 5.25. The summed E-state index contributed by atoms with van der Waals surface area (Å²) in [5.41, 5.74) is 5.48. The van der Waals surface area contributed by atoms with Crippen molar-refractivity contribution in [1.29, 1.82) is 0 Å². The highest BCUT2D eigenvalue weighted by molar-refractivity contribution is 6.14. The Morgan fingerprint density at radius 2 is 1.62 bits per heavy atom. The van der Waals surface area contributed by atoms with Crippen LogP contribution in [-0.4, -0.2) is 21.0 Å². The summed E-state index contributed by atoms with van der Waals surface area (Å²) >= 11 is 0. The summed E-state index contributed by atoms with van der Waals surface area (Å²) in [6.45, 7) is 3.77. The number of pyridine rings is 1. The fraction of sp³-hybridized carbons (Fsp3) is 0.0769. The number of hydrogen-bond donors (Lipinski definition) is 1. The number of anilines is 1. The number of para-hydroxylation sites is 2. The van der Waals surface area contributed by atoms with E-state index in [1.165, 1.54) is 5.56 Å². The van der Waals surface area contributed by atoms with Crippen molar-refractivity contribution < 1.29 is 9.32 Å². The fourth-order valence-corrected chi connectivity index (χ4v) is 3.62. The van der Waals surface area contributed by atoms with Gasteiger partial charge in [-0.2, -0.15) is 4.98 Å². The molecule has 1 amide bonds. The van der Waals surface area contributed by atoms with E-state index in [4.69, 9.17) is 9.51 Å². The van der Waals surface area contributed by atoms with Gasteiger partial charge in [0.1, 0.15) is 0 Å². The first kappa shape index (κ1) is 19.6. The summed E-state index contributed by atoms with van der Waals surface area (Å²) in [6.07, 6.45) is 0. The number of amides is 1. The molecular formula is C26H20N4O2. The number of aryl methyl sites for hydroxylation is 2. The highest BCUT2D eigenvalue weighted by Crippen LogP contribution is 2.29. The minimum atomic E-state index is -0.232. The minimum absolute atomic E-state index is 0.232. The predicted molar refractivity (Wildman–Crippen MR) is 124 cm³/mol. The molecule has 6 heteroatoms. The first-order chi connectivity index (χ1) is 15.6. The Labute approximate surface area is 184 Å². The van der Waals surface area contributed by atoms with E-state index in [1.54, 1.807) is 6.92 Å². The average Bonchev–Trinajstić information content (AvgIpc) is 3.25. The second-order valence-electron chi connectivity index (χ2n) is 7.57. The topological polar surface area (TPSA) is 80.9 Å². The SMILES string of the molecule is Cc1ccc(-c2cc(C(=O)Nc3ccccc3-c3noc(C)n3)c3ccccc3n2)cc1. The maximum atomic E-state index is 13.5. The monoisotopic (exact) mass is 420 g/mol. The summed E-state index contributed by atoms with van der Waals surface area (Å²) in [5.74, 6) is 0.659. The molecule has 32 heavy (non-hydrogen) atoms. The number of benzene rings is 3. The van der Waals surface area contributed by atoms with Crippen LogP contribution in [0.1, 0.15) is 21.8 Å². The molecule has 0 fully saturated rings. The Bertz CT molecular complexity index is 1440. The van der Waals surface area contributed by atoms with E-state index in [1.807, 2.05) is 85.8 Å². The summed E-state index contributed by atoms with van der Waals surface area (Å²) in [5, 5.41) is 7.80. The molecular weight excluding hydrogens is 400 g/mol. The third-order valence-electron chi connectivity index (χ3n) is 5.25. The molecule has 0 saturated heterocycles. The fourth-order valence-electron chi connectivity index (χ4n) is 3.62. The van der Waals surface area contributed by atoms with Gasteiger partial charge in [-0.3, -0.25) is 4.79 Å². The Hall–Kier alpha value is -4.32. The van der Waals surface area contributed by atoms with Crippen LogP contribution in [0.3, 0.4) is 0 Å². The van der Waals surface area contributed by atoms with Crippen molar-refractivity contribution in [2.24, 2.45) is 0 Å². The van der Waals surface area contributed by atoms with Gasteiger partial charge in [0.05, 0.1) is 22.5 Å². The molecule has 0 saturated carbocycles. The molecule has 5 rings (SSSR count). The van der Waals surface area contributed by atoms with Crippen LogP contribution in [0.15, 0.2) is 83.4 Å². The highest BCUT2D eigenvalue weighted by atomic mass is 16.5. The molecule has 5 aromatic rings. The van der Waals surface area contributed by atoms with Gasteiger partial charge in [-0.15, -0.1) is 0 Å². The molecule has 3 aromatic carbocycles. The van der Waals surface area contributed by atoms with Crippen molar-refractivity contribution in [3.63, 3.8) is 0 Å². The molecule has 0 atom stereocenters. The van der Waals surface area contributed by atoms with E-state index in [0.717, 1.165) is 22.2 Å². The van der Waals surface area contributed by atoms with E-state index in [9.17, 15) is 4.79 Å². The Kier molecular flexibility index (Phi) is 4.95. The van der Waals surface area contributed by atoms with Gasteiger partial charge in [0.15, 0.2) is 0 Å². The molecule has 156 valence electrons. The first-order valence-electron chi connectivity index (χ1n) is 10.3. The standard InChI is InChI=1S/C26H20N4O2/c1-16-11-13-18(14-12-16)24-15-21(19-7-3-5-9-22(19)28-24)26(31)29-23-10-6-4-8-20(23)25-27-17(2)32-30-25/h3-15H,1-2H3,(H,29,31). The van der Waals surface area contributed by atoms with Gasteiger partial charge in [0.2, 0.25) is 11.7 Å². The zero-order chi connectivity index (χ0) is 22.1. The van der Waals surface area contributed by atoms with E-state index >= 15 is 0 Å². The molecule has 0 radical (unpaired) electrons. The van der Waals surface area contributed by atoms with E-state index in [0.29, 0.717) is 28.5 Å². The Morgan fingerprint density at radius 1 is 0.875 bits per heavy atom. The van der Waals surface area contributed by atoms with Crippen molar-refractivity contribution in [3.05, 3.63) is 95.9 Å². The van der Waals surface area contributed by atoms with Gasteiger partial charge in [-0.1, -0.05) is 65.3 Å². The second kappa shape index (κ2) is 8.07. The maximum Gasteiger partial charge on any atom is 0.256 e. The molecule has 1 N–H and O–H groups in total. The number of aromatic nitrogens is 3. The van der Waals surface area contributed by atoms with Crippen LogP contribution in [0.5, 0.6) is 0 Å².